The normalized spacial score (nSPS) is 10.9. The van der Waals surface area contributed by atoms with Crippen LogP contribution in [-0.4, -0.2) is 26.6 Å². The molecule has 3 aromatic rings. The van der Waals surface area contributed by atoms with Crippen molar-refractivity contribution in [1.82, 2.24) is 5.32 Å². The molecule has 0 fully saturated rings. The number of carbonyl (C=O) groups excluding carboxylic acids is 2. The quantitative estimate of drug-likeness (QED) is 0.573. The monoisotopic (exact) mass is 413 g/mol. The van der Waals surface area contributed by atoms with E-state index in [-0.39, 0.29) is 23.4 Å². The number of anilines is 2. The molecule has 0 aliphatic heterocycles. The van der Waals surface area contributed by atoms with Gasteiger partial charge in [-0.1, -0.05) is 0 Å². The molecule has 0 saturated carbocycles. The number of urea groups is 1. The molecule has 150 valence electrons. The Kier molecular flexibility index (Phi) is 5.99. The number of carbonyl (C=O) groups is 2. The van der Waals surface area contributed by atoms with Crippen LogP contribution in [0, 0.1) is 0 Å². The Bertz CT molecular complexity index is 1090. The van der Waals surface area contributed by atoms with Crippen molar-refractivity contribution in [2.45, 2.75) is 11.4 Å². The molecule has 0 aliphatic rings. The molecule has 0 radical (unpaired) electrons. The summed E-state index contributed by atoms with van der Waals surface area (Å²) in [6, 6.07) is 15.4. The predicted octanol–water partition coefficient (Wildman–Crippen LogP) is 3.26. The van der Waals surface area contributed by atoms with Crippen LogP contribution >= 0.6 is 0 Å². The Morgan fingerprint density at radius 1 is 0.897 bits per heavy atom. The van der Waals surface area contributed by atoms with E-state index in [2.05, 4.69) is 16.0 Å². The Hall–Kier alpha value is -3.59. The topological polar surface area (TPSA) is 118 Å². The number of sulfone groups is 1. The van der Waals surface area contributed by atoms with Gasteiger partial charge >= 0.3 is 6.03 Å². The summed E-state index contributed by atoms with van der Waals surface area (Å²) in [6.45, 7) is 0.269. The first-order valence-electron chi connectivity index (χ1n) is 8.60. The molecule has 8 nitrogen and oxygen atoms in total. The zero-order chi connectivity index (χ0) is 20.9. The van der Waals surface area contributed by atoms with Crippen molar-refractivity contribution in [3.8, 4) is 0 Å². The number of amides is 3. The lowest BCUT2D eigenvalue weighted by atomic mass is 10.2. The van der Waals surface area contributed by atoms with Gasteiger partial charge in [-0.05, 0) is 60.7 Å². The Labute approximate surface area is 167 Å². The summed E-state index contributed by atoms with van der Waals surface area (Å²) in [5.41, 5.74) is 1.41. The number of rotatable bonds is 6. The van der Waals surface area contributed by atoms with Crippen molar-refractivity contribution in [3.05, 3.63) is 78.3 Å². The number of hydrogen-bond donors (Lipinski definition) is 3. The zero-order valence-corrected chi connectivity index (χ0v) is 16.3. The van der Waals surface area contributed by atoms with Crippen molar-refractivity contribution in [2.75, 3.05) is 16.9 Å². The highest BCUT2D eigenvalue weighted by atomic mass is 32.2. The van der Waals surface area contributed by atoms with E-state index in [0.29, 0.717) is 22.7 Å². The molecular weight excluding hydrogens is 394 g/mol. The third kappa shape index (κ3) is 5.69. The van der Waals surface area contributed by atoms with Crippen LogP contribution in [0.1, 0.15) is 16.1 Å². The molecule has 9 heteroatoms. The second-order valence-corrected chi connectivity index (χ2v) is 8.23. The molecule has 0 atom stereocenters. The minimum Gasteiger partial charge on any atom is -0.467 e. The van der Waals surface area contributed by atoms with Gasteiger partial charge in [0.15, 0.2) is 9.84 Å². The van der Waals surface area contributed by atoms with E-state index < -0.39 is 9.84 Å². The fourth-order valence-electron chi connectivity index (χ4n) is 2.45. The van der Waals surface area contributed by atoms with Gasteiger partial charge in [-0.15, -0.1) is 0 Å². The van der Waals surface area contributed by atoms with Crippen molar-refractivity contribution in [2.24, 2.45) is 0 Å². The summed E-state index contributed by atoms with van der Waals surface area (Å²) in [5, 5.41) is 8.05. The SMILES string of the molecule is CS(=O)(=O)c1ccc(C(=O)Nc2ccc(NC(=O)NCc3ccco3)cc2)cc1. The van der Waals surface area contributed by atoms with E-state index in [1.807, 2.05) is 0 Å². The van der Waals surface area contributed by atoms with Crippen molar-refractivity contribution in [1.29, 1.82) is 0 Å². The highest BCUT2D eigenvalue weighted by molar-refractivity contribution is 7.90. The second-order valence-electron chi connectivity index (χ2n) is 6.22. The third-order valence-electron chi connectivity index (χ3n) is 3.95. The molecule has 0 bridgehead atoms. The maximum absolute atomic E-state index is 12.3. The van der Waals surface area contributed by atoms with Crippen molar-refractivity contribution < 1.29 is 22.4 Å². The third-order valence-corrected chi connectivity index (χ3v) is 5.08. The molecule has 0 spiro atoms. The lowest BCUT2D eigenvalue weighted by molar-refractivity contribution is 0.102. The van der Waals surface area contributed by atoms with Crippen LogP contribution in [0.25, 0.3) is 0 Å². The lowest BCUT2D eigenvalue weighted by Gasteiger charge is -2.09. The average Bonchev–Trinajstić information content (AvgIpc) is 3.21. The number of benzene rings is 2. The predicted molar refractivity (Wildman–Crippen MR) is 109 cm³/mol. The van der Waals surface area contributed by atoms with Gasteiger partial charge in [0.1, 0.15) is 5.76 Å². The second kappa shape index (κ2) is 8.61. The van der Waals surface area contributed by atoms with Crippen LogP contribution in [0.2, 0.25) is 0 Å². The molecule has 29 heavy (non-hydrogen) atoms. The minimum absolute atomic E-state index is 0.148. The summed E-state index contributed by atoms with van der Waals surface area (Å²) in [5.74, 6) is 0.268. The van der Waals surface area contributed by atoms with Gasteiger partial charge in [0.25, 0.3) is 5.91 Å². The van der Waals surface area contributed by atoms with Crippen LogP contribution in [0.5, 0.6) is 0 Å². The van der Waals surface area contributed by atoms with E-state index in [4.69, 9.17) is 4.42 Å². The lowest BCUT2D eigenvalue weighted by Crippen LogP contribution is -2.27. The molecule has 2 aromatic carbocycles. The molecule has 1 aromatic heterocycles. The van der Waals surface area contributed by atoms with Crippen LogP contribution < -0.4 is 16.0 Å². The van der Waals surface area contributed by atoms with Gasteiger partial charge in [-0.3, -0.25) is 4.79 Å². The number of furan rings is 1. The van der Waals surface area contributed by atoms with E-state index >= 15 is 0 Å². The van der Waals surface area contributed by atoms with Gasteiger partial charge in [-0.2, -0.15) is 0 Å². The van der Waals surface area contributed by atoms with Crippen molar-refractivity contribution in [3.63, 3.8) is 0 Å². The van der Waals surface area contributed by atoms with E-state index in [9.17, 15) is 18.0 Å². The zero-order valence-electron chi connectivity index (χ0n) is 15.5. The molecule has 3 amide bonds. The van der Waals surface area contributed by atoms with Gasteiger partial charge in [0, 0.05) is 23.2 Å². The van der Waals surface area contributed by atoms with Gasteiger partial charge in [-0.25, -0.2) is 13.2 Å². The van der Waals surface area contributed by atoms with E-state index in [1.165, 1.54) is 30.5 Å². The summed E-state index contributed by atoms with van der Waals surface area (Å²) in [6.07, 6.45) is 2.64. The first-order valence-corrected chi connectivity index (χ1v) is 10.5. The van der Waals surface area contributed by atoms with Gasteiger partial charge in [0.2, 0.25) is 0 Å². The minimum atomic E-state index is -3.31. The van der Waals surface area contributed by atoms with Crippen molar-refractivity contribution >= 4 is 33.2 Å². The average molecular weight is 413 g/mol. The first-order chi connectivity index (χ1) is 13.8. The van der Waals surface area contributed by atoms with Crippen LogP contribution in [0.15, 0.2) is 76.2 Å². The molecule has 0 unspecified atom stereocenters. The van der Waals surface area contributed by atoms with Crippen LogP contribution in [0.3, 0.4) is 0 Å². The number of nitrogens with one attached hydrogen (secondary N) is 3. The maximum Gasteiger partial charge on any atom is 0.319 e. The molecule has 0 saturated heterocycles. The number of hydrogen-bond acceptors (Lipinski definition) is 5. The van der Waals surface area contributed by atoms with E-state index in [0.717, 1.165) is 6.26 Å². The largest absolute Gasteiger partial charge is 0.467 e. The van der Waals surface area contributed by atoms with Crippen LogP contribution in [0.4, 0.5) is 16.2 Å². The molecule has 0 aliphatic carbocycles. The summed E-state index contributed by atoms with van der Waals surface area (Å²) in [4.78, 5) is 24.3. The Balaban J connectivity index is 1.54. The summed E-state index contributed by atoms with van der Waals surface area (Å²) >= 11 is 0. The maximum atomic E-state index is 12.3. The summed E-state index contributed by atoms with van der Waals surface area (Å²) in [7, 11) is -3.31. The van der Waals surface area contributed by atoms with E-state index in [1.54, 1.807) is 36.4 Å². The summed E-state index contributed by atoms with van der Waals surface area (Å²) < 4.78 is 28.1. The standard InChI is InChI=1S/C20H19N3O5S/c1-29(26,27)18-10-4-14(5-11-18)19(24)22-15-6-8-16(9-7-15)23-20(25)21-13-17-3-2-12-28-17/h2-12H,13H2,1H3,(H,22,24)(H2,21,23,25). The molecule has 3 N–H and O–H groups in total. The smallest absolute Gasteiger partial charge is 0.319 e. The highest BCUT2D eigenvalue weighted by Crippen LogP contribution is 2.16. The Morgan fingerprint density at radius 3 is 2.07 bits per heavy atom. The van der Waals surface area contributed by atoms with Gasteiger partial charge < -0.3 is 20.4 Å². The fraction of sp³-hybridized carbons (Fsp3) is 0.100. The Morgan fingerprint density at radius 2 is 1.52 bits per heavy atom. The molecule has 1 heterocycles. The first kappa shape index (κ1) is 20.2. The van der Waals surface area contributed by atoms with Crippen LogP contribution in [-0.2, 0) is 16.4 Å². The molecular formula is C20H19N3O5S. The van der Waals surface area contributed by atoms with Gasteiger partial charge in [0.05, 0.1) is 17.7 Å². The molecule has 3 rings (SSSR count). The highest BCUT2D eigenvalue weighted by Gasteiger charge is 2.10. The fourth-order valence-corrected chi connectivity index (χ4v) is 3.08.